The quantitative estimate of drug-likeness (QED) is 0.493. The molecule has 112 valence electrons. The summed E-state index contributed by atoms with van der Waals surface area (Å²) in [7, 11) is -4.02. The van der Waals surface area contributed by atoms with Gasteiger partial charge in [0.15, 0.2) is 0 Å². The first-order chi connectivity index (χ1) is 9.18. The summed E-state index contributed by atoms with van der Waals surface area (Å²) in [6, 6.07) is 5.45. The number of benzene rings is 1. The maximum Gasteiger partial charge on any atom is 0.322 e. The van der Waals surface area contributed by atoms with E-state index in [1.807, 2.05) is 6.92 Å². The molecule has 0 aromatic heterocycles. The molecule has 3 N–H and O–H groups in total. The van der Waals surface area contributed by atoms with E-state index < -0.39 is 22.1 Å². The number of rotatable bonds is 4. The van der Waals surface area contributed by atoms with E-state index in [9.17, 15) is 13.2 Å². The van der Waals surface area contributed by atoms with Crippen molar-refractivity contribution in [2.45, 2.75) is 24.8 Å². The zero-order valence-corrected chi connectivity index (χ0v) is 12.3. The monoisotopic (exact) mass is 301 g/mol. The van der Waals surface area contributed by atoms with Gasteiger partial charge in [0.05, 0.1) is 4.90 Å². The topological polar surface area (TPSA) is 107 Å². The number of ether oxygens (including phenoxy) is 1. The third-order valence-corrected chi connectivity index (χ3v) is 2.90. The number of esters is 1. The smallest absolute Gasteiger partial charge is 0.322 e. The van der Waals surface area contributed by atoms with E-state index in [0.717, 1.165) is 5.56 Å². The molecule has 1 rings (SSSR count). The van der Waals surface area contributed by atoms with Gasteiger partial charge in [-0.2, -0.15) is 8.42 Å². The molecule has 0 aliphatic carbocycles. The summed E-state index contributed by atoms with van der Waals surface area (Å²) >= 11 is 0. The molecule has 0 radical (unpaired) electrons. The van der Waals surface area contributed by atoms with E-state index in [1.165, 1.54) is 18.2 Å². The van der Waals surface area contributed by atoms with Gasteiger partial charge in [0, 0.05) is 0 Å². The summed E-state index contributed by atoms with van der Waals surface area (Å²) in [6.45, 7) is 7.03. The Hall–Kier alpha value is -1.70. The molecule has 0 saturated carbocycles. The molecule has 0 aliphatic rings. The summed E-state index contributed by atoms with van der Waals surface area (Å²) in [5.74, 6) is -0.394. The molecule has 0 amide bonds. The van der Waals surface area contributed by atoms with Crippen LogP contribution in [0.4, 0.5) is 0 Å². The van der Waals surface area contributed by atoms with Crippen molar-refractivity contribution in [3.8, 4) is 0 Å². The van der Waals surface area contributed by atoms with E-state index in [0.29, 0.717) is 0 Å². The van der Waals surface area contributed by atoms with Crippen molar-refractivity contribution in [3.05, 3.63) is 42.5 Å². The Balaban J connectivity index is 0.000000370. The predicted molar refractivity (Wildman–Crippen MR) is 75.8 cm³/mol. The fraction of sp³-hybridized carbons (Fsp3) is 0.308. The Morgan fingerprint density at radius 1 is 1.45 bits per heavy atom. The molecule has 0 aliphatic heterocycles. The van der Waals surface area contributed by atoms with Gasteiger partial charge >= 0.3 is 5.97 Å². The van der Waals surface area contributed by atoms with E-state index in [4.69, 9.17) is 10.3 Å². The lowest BCUT2D eigenvalue weighted by molar-refractivity contribution is -0.143. The van der Waals surface area contributed by atoms with Gasteiger partial charge in [-0.15, -0.1) is 0 Å². The average Bonchev–Trinajstić information content (AvgIpc) is 2.36. The van der Waals surface area contributed by atoms with Gasteiger partial charge in [-0.1, -0.05) is 30.4 Å². The number of carbonyl (C=O) groups excluding carboxylic acids is 1. The van der Waals surface area contributed by atoms with Crippen LogP contribution in [0.15, 0.2) is 41.8 Å². The molecule has 0 heterocycles. The fourth-order valence-electron chi connectivity index (χ4n) is 0.983. The summed E-state index contributed by atoms with van der Waals surface area (Å²) in [5, 5.41) is 0. The Morgan fingerprint density at radius 3 is 2.30 bits per heavy atom. The van der Waals surface area contributed by atoms with Crippen molar-refractivity contribution < 1.29 is 22.5 Å². The Labute approximate surface area is 119 Å². The van der Waals surface area contributed by atoms with Crippen molar-refractivity contribution >= 4 is 16.1 Å². The zero-order valence-electron chi connectivity index (χ0n) is 11.4. The second-order valence-electron chi connectivity index (χ2n) is 4.00. The summed E-state index contributed by atoms with van der Waals surface area (Å²) in [4.78, 5) is 10.4. The second-order valence-corrected chi connectivity index (χ2v) is 5.42. The van der Waals surface area contributed by atoms with Crippen molar-refractivity contribution in [1.29, 1.82) is 0 Å². The normalized spacial score (nSPS) is 11.8. The number of aryl methyl sites for hydroxylation is 1. The van der Waals surface area contributed by atoms with Crippen molar-refractivity contribution in [2.24, 2.45) is 5.73 Å². The minimum absolute atomic E-state index is 0.0666. The van der Waals surface area contributed by atoms with Crippen LogP contribution in [0.25, 0.3) is 0 Å². The third kappa shape index (κ3) is 7.67. The Kier molecular flexibility index (Phi) is 7.75. The van der Waals surface area contributed by atoms with Crippen LogP contribution in [0.3, 0.4) is 0 Å². The highest BCUT2D eigenvalue weighted by Crippen LogP contribution is 2.08. The molecule has 0 saturated heterocycles. The van der Waals surface area contributed by atoms with Gasteiger partial charge in [-0.25, -0.2) is 0 Å². The molecular weight excluding hydrogens is 282 g/mol. The molecule has 0 spiro atoms. The maximum absolute atomic E-state index is 10.5. The molecule has 0 unspecified atom stereocenters. The lowest BCUT2D eigenvalue weighted by Gasteiger charge is -2.02. The molecule has 1 aromatic carbocycles. The highest BCUT2D eigenvalue weighted by atomic mass is 32.2. The lowest BCUT2D eigenvalue weighted by atomic mass is 10.2. The Morgan fingerprint density at radius 2 is 1.95 bits per heavy atom. The molecule has 1 atom stereocenters. The molecule has 1 aromatic rings. The SMILES string of the molecule is C=CCOC(=O)[C@H](C)N.Cc1ccc(S(=O)(=O)O)cc1. The molecule has 20 heavy (non-hydrogen) atoms. The fourth-order valence-corrected chi connectivity index (χ4v) is 1.46. The minimum Gasteiger partial charge on any atom is -0.460 e. The lowest BCUT2D eigenvalue weighted by Crippen LogP contribution is -2.28. The van der Waals surface area contributed by atoms with Gasteiger partial charge in [0.1, 0.15) is 12.6 Å². The summed E-state index contributed by atoms with van der Waals surface area (Å²) in [6.07, 6.45) is 1.50. The first kappa shape index (κ1) is 18.3. The van der Waals surface area contributed by atoms with Crippen LogP contribution >= 0.6 is 0 Å². The van der Waals surface area contributed by atoms with Gasteiger partial charge in [0.25, 0.3) is 10.1 Å². The second kappa shape index (κ2) is 8.47. The van der Waals surface area contributed by atoms with Crippen LogP contribution in [0.5, 0.6) is 0 Å². The third-order valence-electron chi connectivity index (χ3n) is 2.03. The van der Waals surface area contributed by atoms with Gasteiger partial charge < -0.3 is 10.5 Å². The van der Waals surface area contributed by atoms with Gasteiger partial charge in [0.2, 0.25) is 0 Å². The predicted octanol–water partition coefficient (Wildman–Crippen LogP) is 1.30. The maximum atomic E-state index is 10.5. The van der Waals surface area contributed by atoms with Crippen LogP contribution < -0.4 is 5.73 Å². The minimum atomic E-state index is -4.02. The highest BCUT2D eigenvalue weighted by molar-refractivity contribution is 7.85. The number of hydrogen-bond donors (Lipinski definition) is 2. The van der Waals surface area contributed by atoms with Crippen LogP contribution in [-0.2, 0) is 19.6 Å². The van der Waals surface area contributed by atoms with Crippen molar-refractivity contribution in [2.75, 3.05) is 6.61 Å². The van der Waals surface area contributed by atoms with E-state index >= 15 is 0 Å². The molecule has 0 fully saturated rings. The largest absolute Gasteiger partial charge is 0.460 e. The number of hydrogen-bond acceptors (Lipinski definition) is 5. The van der Waals surface area contributed by atoms with E-state index in [1.54, 1.807) is 19.1 Å². The average molecular weight is 301 g/mol. The summed E-state index contributed by atoms with van der Waals surface area (Å²) < 4.78 is 34.1. The van der Waals surface area contributed by atoms with Crippen LogP contribution in [0.2, 0.25) is 0 Å². The van der Waals surface area contributed by atoms with Crippen molar-refractivity contribution in [1.82, 2.24) is 0 Å². The van der Waals surface area contributed by atoms with E-state index in [-0.39, 0.29) is 11.5 Å². The van der Waals surface area contributed by atoms with Crippen LogP contribution in [0.1, 0.15) is 12.5 Å². The molecule has 7 heteroatoms. The first-order valence-electron chi connectivity index (χ1n) is 5.75. The molecule has 6 nitrogen and oxygen atoms in total. The van der Waals surface area contributed by atoms with Crippen LogP contribution in [0, 0.1) is 6.92 Å². The number of nitrogens with two attached hydrogens (primary N) is 1. The zero-order chi connectivity index (χ0) is 15.8. The van der Waals surface area contributed by atoms with Crippen LogP contribution in [-0.4, -0.2) is 31.6 Å². The van der Waals surface area contributed by atoms with Gasteiger partial charge in [-0.05, 0) is 26.0 Å². The van der Waals surface area contributed by atoms with E-state index in [2.05, 4.69) is 11.3 Å². The molecule has 0 bridgehead atoms. The van der Waals surface area contributed by atoms with Gasteiger partial charge in [-0.3, -0.25) is 9.35 Å². The Bertz CT molecular complexity index is 534. The first-order valence-corrected chi connectivity index (χ1v) is 7.19. The summed E-state index contributed by atoms with van der Waals surface area (Å²) in [5.41, 5.74) is 6.12. The highest BCUT2D eigenvalue weighted by Gasteiger charge is 2.07. The molecular formula is C13H19NO5S. The van der Waals surface area contributed by atoms with Crippen molar-refractivity contribution in [3.63, 3.8) is 0 Å². The number of carbonyl (C=O) groups is 1. The standard InChI is InChI=1S/C7H8O3S.C6H11NO2/c1-6-2-4-7(5-3-6)11(8,9)10;1-3-4-9-6(8)5(2)7/h2-5H,1H3,(H,8,9,10);3,5H,1,4,7H2,2H3/t;5-/m.0/s1.